The van der Waals surface area contributed by atoms with E-state index in [1.165, 1.54) is 26.0 Å². The van der Waals surface area contributed by atoms with Gasteiger partial charge >= 0.3 is 12.1 Å². The maximum atomic E-state index is 12.7. The Labute approximate surface area is 113 Å². The van der Waals surface area contributed by atoms with E-state index in [0.717, 1.165) is 12.1 Å². The van der Waals surface area contributed by atoms with Crippen molar-refractivity contribution in [3.63, 3.8) is 0 Å². The molecule has 0 heterocycles. The van der Waals surface area contributed by atoms with E-state index in [-0.39, 0.29) is 6.54 Å². The zero-order valence-electron chi connectivity index (χ0n) is 10.9. The quantitative estimate of drug-likeness (QED) is 0.895. The molecule has 0 aromatic heterocycles. The minimum atomic E-state index is -4.64. The summed E-state index contributed by atoms with van der Waals surface area (Å²) in [6.45, 7) is 2.46. The molecule has 0 saturated heterocycles. The number of hydrogen-bond donors (Lipinski definition) is 2. The van der Waals surface area contributed by atoms with Crippen LogP contribution in [0.4, 0.5) is 13.2 Å². The van der Waals surface area contributed by atoms with Crippen LogP contribution >= 0.6 is 0 Å². The molecule has 0 aliphatic rings. The van der Waals surface area contributed by atoms with Crippen LogP contribution in [0, 0.1) is 5.41 Å². The fourth-order valence-corrected chi connectivity index (χ4v) is 1.40. The third-order valence-corrected chi connectivity index (χ3v) is 2.75. The fraction of sp³-hybridized carbons (Fsp3) is 0.385. The van der Waals surface area contributed by atoms with E-state index in [4.69, 9.17) is 5.11 Å². The Balaban J connectivity index is 2.92. The Morgan fingerprint density at radius 3 is 2.25 bits per heavy atom. The molecule has 4 nitrogen and oxygen atoms in total. The molecule has 7 heteroatoms. The lowest BCUT2D eigenvalue weighted by atomic mass is 9.93. The van der Waals surface area contributed by atoms with Crippen molar-refractivity contribution in [2.75, 3.05) is 6.54 Å². The maximum absolute atomic E-state index is 12.7. The molecule has 2 N–H and O–H groups in total. The lowest BCUT2D eigenvalue weighted by Gasteiger charge is -2.20. The lowest BCUT2D eigenvalue weighted by Crippen LogP contribution is -2.39. The summed E-state index contributed by atoms with van der Waals surface area (Å²) in [5, 5.41) is 11.1. The Kier molecular flexibility index (Phi) is 4.42. The molecule has 0 unspecified atom stereocenters. The number of benzene rings is 1. The van der Waals surface area contributed by atoms with Gasteiger partial charge in [-0.2, -0.15) is 13.2 Å². The number of carboxylic acids is 1. The summed E-state index contributed by atoms with van der Waals surface area (Å²) in [5.74, 6) is -2.10. The minimum absolute atomic E-state index is 0.270. The molecule has 0 atom stereocenters. The first-order valence-corrected chi connectivity index (χ1v) is 5.73. The number of rotatable bonds is 4. The van der Waals surface area contributed by atoms with Gasteiger partial charge in [0, 0.05) is 6.54 Å². The van der Waals surface area contributed by atoms with Crippen molar-refractivity contribution < 1.29 is 27.9 Å². The van der Waals surface area contributed by atoms with Crippen LogP contribution in [0.2, 0.25) is 0 Å². The van der Waals surface area contributed by atoms with Gasteiger partial charge < -0.3 is 10.4 Å². The van der Waals surface area contributed by atoms with Crippen LogP contribution in [0.25, 0.3) is 0 Å². The Bertz CT molecular complexity index is 524. The molecule has 0 aliphatic carbocycles. The smallest absolute Gasteiger partial charge is 0.417 e. The highest BCUT2D eigenvalue weighted by Crippen LogP contribution is 2.31. The monoisotopic (exact) mass is 289 g/mol. The number of alkyl halides is 3. The summed E-state index contributed by atoms with van der Waals surface area (Å²) in [5.41, 5.74) is -2.84. The normalized spacial score (nSPS) is 12.1. The summed E-state index contributed by atoms with van der Waals surface area (Å²) < 4.78 is 38.2. The Morgan fingerprint density at radius 1 is 1.20 bits per heavy atom. The van der Waals surface area contributed by atoms with E-state index < -0.39 is 34.6 Å². The summed E-state index contributed by atoms with van der Waals surface area (Å²) in [4.78, 5) is 22.6. The largest absolute Gasteiger partial charge is 0.481 e. The molecular weight excluding hydrogens is 275 g/mol. The van der Waals surface area contributed by atoms with Crippen LogP contribution < -0.4 is 5.32 Å². The van der Waals surface area contributed by atoms with E-state index in [1.807, 2.05) is 0 Å². The maximum Gasteiger partial charge on any atom is 0.417 e. The molecule has 20 heavy (non-hydrogen) atoms. The average Bonchev–Trinajstić information content (AvgIpc) is 2.35. The molecule has 0 aliphatic heterocycles. The molecule has 1 aromatic carbocycles. The van der Waals surface area contributed by atoms with Crippen molar-refractivity contribution in [2.24, 2.45) is 5.41 Å². The molecule has 1 aromatic rings. The second-order valence-corrected chi connectivity index (χ2v) is 4.92. The van der Waals surface area contributed by atoms with Gasteiger partial charge in [-0.3, -0.25) is 9.59 Å². The van der Waals surface area contributed by atoms with Crippen LogP contribution in [0.5, 0.6) is 0 Å². The van der Waals surface area contributed by atoms with Crippen molar-refractivity contribution in [1.82, 2.24) is 5.32 Å². The van der Waals surface area contributed by atoms with E-state index >= 15 is 0 Å². The van der Waals surface area contributed by atoms with Crippen molar-refractivity contribution in [3.8, 4) is 0 Å². The van der Waals surface area contributed by atoms with Gasteiger partial charge in [0.25, 0.3) is 5.91 Å². The Morgan fingerprint density at radius 2 is 1.75 bits per heavy atom. The number of hydrogen-bond acceptors (Lipinski definition) is 2. The van der Waals surface area contributed by atoms with Crippen LogP contribution in [-0.2, 0) is 11.0 Å². The van der Waals surface area contributed by atoms with Gasteiger partial charge in [-0.05, 0) is 26.0 Å². The first-order valence-electron chi connectivity index (χ1n) is 5.73. The standard InChI is InChI=1S/C13H14F3NO3/c1-12(2,11(19)20)7-17-10(18)8-5-3-4-6-9(8)13(14,15)16/h3-6H,7H2,1-2H3,(H,17,18)(H,19,20). The third-order valence-electron chi connectivity index (χ3n) is 2.75. The van der Waals surface area contributed by atoms with Crippen molar-refractivity contribution >= 4 is 11.9 Å². The van der Waals surface area contributed by atoms with Gasteiger partial charge in [-0.25, -0.2) is 0 Å². The average molecular weight is 289 g/mol. The second kappa shape index (κ2) is 5.52. The number of halogens is 3. The van der Waals surface area contributed by atoms with Gasteiger partial charge in [-0.1, -0.05) is 12.1 Å². The number of carboxylic acid groups (broad SMARTS) is 1. The first-order chi connectivity index (χ1) is 9.05. The molecule has 1 amide bonds. The van der Waals surface area contributed by atoms with Crippen LogP contribution in [0.15, 0.2) is 24.3 Å². The minimum Gasteiger partial charge on any atom is -0.481 e. The number of amides is 1. The molecular formula is C13H14F3NO3. The topological polar surface area (TPSA) is 66.4 Å². The van der Waals surface area contributed by atoms with Gasteiger partial charge in [0.1, 0.15) is 0 Å². The Hall–Kier alpha value is -2.05. The summed E-state index contributed by atoms with van der Waals surface area (Å²) in [7, 11) is 0. The predicted octanol–water partition coefficient (Wildman–Crippen LogP) is 2.55. The second-order valence-electron chi connectivity index (χ2n) is 4.92. The van der Waals surface area contributed by atoms with Crippen LogP contribution in [0.3, 0.4) is 0 Å². The van der Waals surface area contributed by atoms with E-state index in [0.29, 0.717) is 0 Å². The SMILES string of the molecule is CC(C)(CNC(=O)c1ccccc1C(F)(F)F)C(=O)O. The number of nitrogens with one attached hydrogen (secondary N) is 1. The molecule has 0 fully saturated rings. The zero-order valence-corrected chi connectivity index (χ0v) is 10.9. The summed E-state index contributed by atoms with van der Waals surface area (Å²) in [6, 6.07) is 4.34. The van der Waals surface area contributed by atoms with Crippen molar-refractivity contribution in [3.05, 3.63) is 35.4 Å². The van der Waals surface area contributed by atoms with Gasteiger partial charge in [0.2, 0.25) is 0 Å². The van der Waals surface area contributed by atoms with E-state index in [2.05, 4.69) is 5.32 Å². The molecule has 0 saturated carbocycles. The highest BCUT2D eigenvalue weighted by molar-refractivity contribution is 5.96. The lowest BCUT2D eigenvalue weighted by molar-refractivity contribution is -0.146. The zero-order chi connectivity index (χ0) is 15.6. The molecule has 0 spiro atoms. The third kappa shape index (κ3) is 3.72. The number of aliphatic carboxylic acids is 1. The van der Waals surface area contributed by atoms with Crippen LogP contribution in [0.1, 0.15) is 29.8 Å². The molecule has 110 valence electrons. The molecule has 0 radical (unpaired) electrons. The number of carbonyl (C=O) groups excluding carboxylic acids is 1. The van der Waals surface area contributed by atoms with E-state index in [9.17, 15) is 22.8 Å². The van der Waals surface area contributed by atoms with Crippen LogP contribution in [-0.4, -0.2) is 23.5 Å². The van der Waals surface area contributed by atoms with Gasteiger partial charge in [0.05, 0.1) is 16.5 Å². The number of carbonyl (C=O) groups is 2. The first kappa shape index (κ1) is 16.0. The highest BCUT2D eigenvalue weighted by Gasteiger charge is 2.35. The molecule has 0 bridgehead atoms. The van der Waals surface area contributed by atoms with Gasteiger partial charge in [-0.15, -0.1) is 0 Å². The molecule has 1 rings (SSSR count). The highest BCUT2D eigenvalue weighted by atomic mass is 19.4. The van der Waals surface area contributed by atoms with Crippen molar-refractivity contribution in [1.29, 1.82) is 0 Å². The fourth-order valence-electron chi connectivity index (χ4n) is 1.40. The summed E-state index contributed by atoms with van der Waals surface area (Å²) in [6.07, 6.45) is -4.64. The van der Waals surface area contributed by atoms with Gasteiger partial charge in [0.15, 0.2) is 0 Å². The summed E-state index contributed by atoms with van der Waals surface area (Å²) >= 11 is 0. The van der Waals surface area contributed by atoms with E-state index in [1.54, 1.807) is 0 Å². The van der Waals surface area contributed by atoms with Crippen molar-refractivity contribution in [2.45, 2.75) is 20.0 Å². The predicted molar refractivity (Wildman–Crippen MR) is 65.2 cm³/mol.